The molecule has 78 valence electrons. The van der Waals surface area contributed by atoms with Crippen LogP contribution in [0, 0.1) is 0 Å². The first-order valence-corrected chi connectivity index (χ1v) is 4.91. The average molecular weight is 203 g/mol. The Morgan fingerprint density at radius 2 is 2.20 bits per heavy atom. The molecule has 3 nitrogen and oxygen atoms in total. The highest BCUT2D eigenvalue weighted by atomic mass is 16.4. The van der Waals surface area contributed by atoms with Gasteiger partial charge in [0.25, 0.3) is 0 Å². The van der Waals surface area contributed by atoms with Gasteiger partial charge < -0.3 is 10.0 Å². The van der Waals surface area contributed by atoms with Gasteiger partial charge in [-0.1, -0.05) is 24.3 Å². The van der Waals surface area contributed by atoms with Gasteiger partial charge in [0.2, 0.25) is 0 Å². The molecule has 1 aromatic carbocycles. The van der Waals surface area contributed by atoms with Crippen LogP contribution in [0.15, 0.2) is 30.3 Å². The minimum atomic E-state index is -0.794. The van der Waals surface area contributed by atoms with E-state index in [1.165, 1.54) is 5.57 Å². The Bertz CT molecular complexity index is 423. The van der Waals surface area contributed by atoms with E-state index in [2.05, 4.69) is 13.0 Å². The Labute approximate surface area is 88.6 Å². The molecule has 1 aliphatic rings. The lowest BCUT2D eigenvalue weighted by atomic mass is 10.0. The second-order valence-corrected chi connectivity index (χ2v) is 3.68. The highest BCUT2D eigenvalue weighted by Crippen LogP contribution is 2.30. The summed E-state index contributed by atoms with van der Waals surface area (Å²) in [5.41, 5.74) is 3.36. The largest absolute Gasteiger partial charge is 0.480 e. The molecular formula is C12H13NO2. The van der Waals surface area contributed by atoms with Gasteiger partial charge in [-0.25, -0.2) is 0 Å². The van der Waals surface area contributed by atoms with E-state index in [9.17, 15) is 4.79 Å². The molecule has 15 heavy (non-hydrogen) atoms. The number of rotatable bonds is 2. The molecular weight excluding hydrogens is 190 g/mol. The lowest BCUT2D eigenvalue weighted by Gasteiger charge is -2.28. The predicted octanol–water partition coefficient (Wildman–Crippen LogP) is 1.99. The molecule has 1 aliphatic heterocycles. The zero-order valence-corrected chi connectivity index (χ0v) is 8.60. The molecule has 2 rings (SSSR count). The van der Waals surface area contributed by atoms with E-state index < -0.39 is 5.97 Å². The highest BCUT2D eigenvalue weighted by Gasteiger charge is 2.17. The third-order valence-electron chi connectivity index (χ3n) is 2.61. The van der Waals surface area contributed by atoms with Gasteiger partial charge in [-0.15, -0.1) is 0 Å². The molecule has 0 bridgehead atoms. The van der Waals surface area contributed by atoms with E-state index in [0.29, 0.717) is 6.54 Å². The summed E-state index contributed by atoms with van der Waals surface area (Å²) in [6, 6.07) is 7.90. The first-order valence-electron chi connectivity index (χ1n) is 4.91. The number of carbonyl (C=O) groups is 1. The number of benzene rings is 1. The molecule has 0 aliphatic carbocycles. The SMILES string of the molecule is CC1=CCN(CC(=O)O)c2ccccc21. The molecule has 0 saturated carbocycles. The van der Waals surface area contributed by atoms with Crippen LogP contribution in [0.25, 0.3) is 5.57 Å². The number of carboxylic acid groups (broad SMARTS) is 1. The summed E-state index contributed by atoms with van der Waals surface area (Å²) in [6.07, 6.45) is 2.06. The van der Waals surface area contributed by atoms with E-state index in [1.807, 2.05) is 29.2 Å². The summed E-state index contributed by atoms with van der Waals surface area (Å²) in [4.78, 5) is 12.6. The van der Waals surface area contributed by atoms with Crippen molar-refractivity contribution >= 4 is 17.2 Å². The second kappa shape index (κ2) is 3.77. The average Bonchev–Trinajstić information content (AvgIpc) is 2.22. The number of hydrogen-bond donors (Lipinski definition) is 1. The summed E-state index contributed by atoms with van der Waals surface area (Å²) in [5.74, 6) is -0.794. The Morgan fingerprint density at radius 1 is 1.47 bits per heavy atom. The van der Waals surface area contributed by atoms with E-state index >= 15 is 0 Å². The number of nitrogens with zero attached hydrogens (tertiary/aromatic N) is 1. The van der Waals surface area contributed by atoms with Gasteiger partial charge in [0.05, 0.1) is 0 Å². The van der Waals surface area contributed by atoms with E-state index in [-0.39, 0.29) is 6.54 Å². The number of allylic oxidation sites excluding steroid dienone is 1. The maximum Gasteiger partial charge on any atom is 0.323 e. The number of anilines is 1. The zero-order valence-electron chi connectivity index (χ0n) is 8.60. The molecule has 1 N–H and O–H groups in total. The lowest BCUT2D eigenvalue weighted by molar-refractivity contribution is -0.135. The summed E-state index contributed by atoms with van der Waals surface area (Å²) >= 11 is 0. The highest BCUT2D eigenvalue weighted by molar-refractivity contribution is 5.82. The van der Waals surface area contributed by atoms with Crippen molar-refractivity contribution in [3.8, 4) is 0 Å². The summed E-state index contributed by atoms with van der Waals surface area (Å²) < 4.78 is 0. The fraction of sp³-hybridized carbons (Fsp3) is 0.250. The van der Waals surface area contributed by atoms with Gasteiger partial charge in [0.1, 0.15) is 6.54 Å². The Hall–Kier alpha value is -1.77. The number of hydrogen-bond acceptors (Lipinski definition) is 2. The maximum absolute atomic E-state index is 10.7. The second-order valence-electron chi connectivity index (χ2n) is 3.68. The maximum atomic E-state index is 10.7. The molecule has 0 radical (unpaired) electrons. The molecule has 0 amide bonds. The number of carboxylic acids is 1. The van der Waals surface area contributed by atoms with Crippen molar-refractivity contribution in [1.29, 1.82) is 0 Å². The van der Waals surface area contributed by atoms with Crippen molar-refractivity contribution in [3.05, 3.63) is 35.9 Å². The zero-order chi connectivity index (χ0) is 10.8. The van der Waals surface area contributed by atoms with Gasteiger partial charge in [-0.3, -0.25) is 4.79 Å². The predicted molar refractivity (Wildman–Crippen MR) is 59.9 cm³/mol. The van der Waals surface area contributed by atoms with Gasteiger partial charge in [0.15, 0.2) is 0 Å². The third-order valence-corrected chi connectivity index (χ3v) is 2.61. The molecule has 1 aromatic rings. The molecule has 3 heteroatoms. The van der Waals surface area contributed by atoms with Gasteiger partial charge in [0, 0.05) is 17.8 Å². The first kappa shape index (κ1) is 9.77. The van der Waals surface area contributed by atoms with Crippen molar-refractivity contribution in [2.24, 2.45) is 0 Å². The Balaban J connectivity index is 2.37. The van der Waals surface area contributed by atoms with Crippen LogP contribution in [-0.2, 0) is 4.79 Å². The topological polar surface area (TPSA) is 40.5 Å². The van der Waals surface area contributed by atoms with E-state index in [1.54, 1.807) is 0 Å². The summed E-state index contributed by atoms with van der Waals surface area (Å²) in [5, 5.41) is 8.79. The molecule has 0 fully saturated rings. The van der Waals surface area contributed by atoms with Gasteiger partial charge >= 0.3 is 5.97 Å². The van der Waals surface area contributed by atoms with Crippen molar-refractivity contribution in [1.82, 2.24) is 0 Å². The van der Waals surface area contributed by atoms with Crippen molar-refractivity contribution in [2.75, 3.05) is 18.0 Å². The molecule has 0 spiro atoms. The van der Waals surface area contributed by atoms with Crippen LogP contribution in [0.5, 0.6) is 0 Å². The monoisotopic (exact) mass is 203 g/mol. The van der Waals surface area contributed by atoms with Crippen LogP contribution < -0.4 is 4.90 Å². The molecule has 1 heterocycles. The first-order chi connectivity index (χ1) is 7.18. The van der Waals surface area contributed by atoms with Crippen LogP contribution in [0.1, 0.15) is 12.5 Å². The van der Waals surface area contributed by atoms with Crippen LogP contribution in [-0.4, -0.2) is 24.2 Å². The number of para-hydroxylation sites is 1. The molecule has 0 aromatic heterocycles. The standard InChI is InChI=1S/C12H13NO2/c1-9-6-7-13(8-12(14)15)11-5-3-2-4-10(9)11/h2-6H,7-8H2,1H3,(H,14,15). The normalized spacial score (nSPS) is 14.5. The van der Waals surface area contributed by atoms with Crippen LogP contribution >= 0.6 is 0 Å². The molecule has 0 unspecified atom stereocenters. The van der Waals surface area contributed by atoms with E-state index in [4.69, 9.17) is 5.11 Å². The van der Waals surface area contributed by atoms with Crippen LogP contribution in [0.2, 0.25) is 0 Å². The lowest BCUT2D eigenvalue weighted by Crippen LogP contribution is -2.32. The van der Waals surface area contributed by atoms with Gasteiger partial charge in [-0.2, -0.15) is 0 Å². The minimum Gasteiger partial charge on any atom is -0.480 e. The number of fused-ring (bicyclic) bond motifs is 1. The van der Waals surface area contributed by atoms with Crippen molar-refractivity contribution in [2.45, 2.75) is 6.92 Å². The quantitative estimate of drug-likeness (QED) is 0.799. The fourth-order valence-electron chi connectivity index (χ4n) is 1.85. The summed E-state index contributed by atoms with van der Waals surface area (Å²) in [6.45, 7) is 2.78. The molecule has 0 saturated heterocycles. The van der Waals surface area contributed by atoms with Crippen LogP contribution in [0.3, 0.4) is 0 Å². The molecule has 0 atom stereocenters. The van der Waals surface area contributed by atoms with Crippen molar-refractivity contribution in [3.63, 3.8) is 0 Å². The van der Waals surface area contributed by atoms with Gasteiger partial charge in [-0.05, 0) is 18.6 Å². The minimum absolute atomic E-state index is 0.0563. The smallest absolute Gasteiger partial charge is 0.323 e. The number of aliphatic carboxylic acids is 1. The van der Waals surface area contributed by atoms with Crippen molar-refractivity contribution < 1.29 is 9.90 Å². The fourth-order valence-corrected chi connectivity index (χ4v) is 1.85. The Morgan fingerprint density at radius 3 is 2.93 bits per heavy atom. The van der Waals surface area contributed by atoms with E-state index in [0.717, 1.165) is 11.3 Å². The summed E-state index contributed by atoms with van der Waals surface area (Å²) in [7, 11) is 0. The Kier molecular flexibility index (Phi) is 2.46. The third kappa shape index (κ3) is 1.86. The van der Waals surface area contributed by atoms with Crippen LogP contribution in [0.4, 0.5) is 5.69 Å².